The minimum Gasteiger partial charge on any atom is -0.335 e. The highest BCUT2D eigenvalue weighted by Gasteiger charge is 2.31. The Morgan fingerprint density at radius 2 is 1.80 bits per heavy atom. The third kappa shape index (κ3) is 4.68. The van der Waals surface area contributed by atoms with Gasteiger partial charge >= 0.3 is 6.18 Å². The number of carbonyl (C=O) groups is 1. The van der Waals surface area contributed by atoms with Gasteiger partial charge in [0.2, 0.25) is 0 Å². The van der Waals surface area contributed by atoms with E-state index in [1.54, 1.807) is 28.7 Å². The van der Waals surface area contributed by atoms with Gasteiger partial charge < -0.3 is 4.90 Å². The maximum Gasteiger partial charge on any atom is 0.416 e. The monoisotopic (exact) mass is 432 g/mol. The molecule has 1 aromatic carbocycles. The van der Waals surface area contributed by atoms with E-state index in [0.717, 1.165) is 31.8 Å². The van der Waals surface area contributed by atoms with Crippen molar-refractivity contribution >= 4 is 17.2 Å². The van der Waals surface area contributed by atoms with E-state index in [-0.39, 0.29) is 11.6 Å². The van der Waals surface area contributed by atoms with E-state index >= 15 is 0 Å². The predicted molar refractivity (Wildman–Crippen MR) is 108 cm³/mol. The summed E-state index contributed by atoms with van der Waals surface area (Å²) in [5.41, 5.74) is 1.08. The van der Waals surface area contributed by atoms with Gasteiger partial charge in [-0.05, 0) is 29.8 Å². The van der Waals surface area contributed by atoms with Gasteiger partial charge in [-0.15, -0.1) is 11.3 Å². The Balaban J connectivity index is 1.39. The number of hydrogen-bond donors (Lipinski definition) is 0. The molecule has 1 aliphatic heterocycles. The first-order valence-corrected chi connectivity index (χ1v) is 10.3. The van der Waals surface area contributed by atoms with Crippen molar-refractivity contribution in [3.05, 3.63) is 71.0 Å². The Kier molecular flexibility index (Phi) is 5.83. The van der Waals surface area contributed by atoms with Crippen molar-refractivity contribution in [2.24, 2.45) is 0 Å². The summed E-state index contributed by atoms with van der Waals surface area (Å²) in [6.45, 7) is 3.47. The minimum atomic E-state index is -4.41. The zero-order chi connectivity index (χ0) is 21.1. The predicted octanol–water partition coefficient (Wildman–Crippen LogP) is 4.18. The molecule has 9 heteroatoms. The summed E-state index contributed by atoms with van der Waals surface area (Å²) < 4.78 is 38.8. The molecule has 30 heavy (non-hydrogen) atoms. The fourth-order valence-electron chi connectivity index (χ4n) is 3.35. The lowest BCUT2D eigenvalue weighted by atomic mass is 10.1. The van der Waals surface area contributed by atoms with Crippen molar-refractivity contribution < 1.29 is 18.0 Å². The molecule has 1 fully saturated rings. The second kappa shape index (κ2) is 8.53. The molecule has 1 amide bonds. The van der Waals surface area contributed by atoms with E-state index in [2.05, 4.69) is 14.9 Å². The summed E-state index contributed by atoms with van der Waals surface area (Å²) >= 11 is 1.17. The number of rotatable bonds is 4. The van der Waals surface area contributed by atoms with E-state index in [4.69, 9.17) is 0 Å². The van der Waals surface area contributed by atoms with Gasteiger partial charge in [0.1, 0.15) is 10.7 Å². The van der Waals surface area contributed by atoms with Crippen LogP contribution in [-0.4, -0.2) is 51.9 Å². The van der Waals surface area contributed by atoms with E-state index < -0.39 is 11.7 Å². The minimum absolute atomic E-state index is 0.187. The van der Waals surface area contributed by atoms with Crippen molar-refractivity contribution in [2.75, 3.05) is 26.2 Å². The molecule has 3 heterocycles. The molecule has 0 unspecified atom stereocenters. The molecule has 2 aromatic heterocycles. The van der Waals surface area contributed by atoms with Crippen molar-refractivity contribution in [3.63, 3.8) is 0 Å². The highest BCUT2D eigenvalue weighted by atomic mass is 32.1. The molecule has 1 aliphatic rings. The molecule has 4 rings (SSSR count). The maximum atomic E-state index is 12.9. The van der Waals surface area contributed by atoms with E-state index in [0.29, 0.717) is 23.7 Å². The molecule has 0 spiro atoms. The number of carbonyl (C=O) groups excluding carboxylic acids is 1. The first-order valence-electron chi connectivity index (χ1n) is 9.44. The van der Waals surface area contributed by atoms with Crippen molar-refractivity contribution in [1.82, 2.24) is 19.8 Å². The van der Waals surface area contributed by atoms with E-state index in [9.17, 15) is 18.0 Å². The second-order valence-corrected chi connectivity index (χ2v) is 7.90. The highest BCUT2D eigenvalue weighted by molar-refractivity contribution is 7.13. The largest absolute Gasteiger partial charge is 0.416 e. The number of halogens is 3. The molecule has 0 aliphatic carbocycles. The summed E-state index contributed by atoms with van der Waals surface area (Å²) in [5, 5.41) is 2.02. The highest BCUT2D eigenvalue weighted by Crippen LogP contribution is 2.33. The number of hydrogen-bond acceptors (Lipinski definition) is 5. The number of thiazole rings is 1. The Bertz CT molecular complexity index is 1010. The van der Waals surface area contributed by atoms with Crippen molar-refractivity contribution in [2.45, 2.75) is 12.7 Å². The molecule has 0 bridgehead atoms. The van der Waals surface area contributed by atoms with Crippen molar-refractivity contribution in [3.8, 4) is 10.6 Å². The summed E-state index contributed by atoms with van der Waals surface area (Å²) in [4.78, 5) is 25.1. The standard InChI is InChI=1S/C21H19F3N4OS/c22-21(23,24)17-3-1-2-16(12-17)19-26-18(14-30-19)20(29)28-10-8-27(9-11-28)13-15-4-6-25-7-5-15/h1-7,12,14H,8-11,13H2. The number of nitrogens with zero attached hydrogens (tertiary/aromatic N) is 4. The molecule has 0 N–H and O–H groups in total. The number of amides is 1. The van der Waals surface area contributed by atoms with Crippen LogP contribution in [0.3, 0.4) is 0 Å². The number of alkyl halides is 3. The molecule has 5 nitrogen and oxygen atoms in total. The third-order valence-corrected chi connectivity index (χ3v) is 5.87. The van der Waals surface area contributed by atoms with Gasteiger partial charge in [0.05, 0.1) is 5.56 Å². The fraction of sp³-hybridized carbons (Fsp3) is 0.286. The van der Waals surface area contributed by atoms with Crippen LogP contribution in [0, 0.1) is 0 Å². The lowest BCUT2D eigenvalue weighted by Gasteiger charge is -2.34. The zero-order valence-corrected chi connectivity index (χ0v) is 16.8. The van der Waals surface area contributed by atoms with Gasteiger partial charge in [-0.25, -0.2) is 4.98 Å². The van der Waals surface area contributed by atoms with E-state index in [1.165, 1.54) is 23.0 Å². The first-order chi connectivity index (χ1) is 14.4. The summed E-state index contributed by atoms with van der Waals surface area (Å²) in [6.07, 6.45) is -0.888. The molecule has 3 aromatic rings. The van der Waals surface area contributed by atoms with Crippen LogP contribution in [0.15, 0.2) is 54.2 Å². The van der Waals surface area contributed by atoms with Gasteiger partial charge in [-0.2, -0.15) is 13.2 Å². The van der Waals surface area contributed by atoms with Crippen LogP contribution in [0.2, 0.25) is 0 Å². The Labute approximate surface area is 175 Å². The average Bonchev–Trinajstić information content (AvgIpc) is 3.24. The zero-order valence-electron chi connectivity index (χ0n) is 16.0. The van der Waals surface area contributed by atoms with Crippen LogP contribution in [-0.2, 0) is 12.7 Å². The van der Waals surface area contributed by atoms with Crippen LogP contribution in [0.5, 0.6) is 0 Å². The molecule has 156 valence electrons. The molecule has 0 saturated carbocycles. The van der Waals surface area contributed by atoms with Gasteiger partial charge in [-0.1, -0.05) is 12.1 Å². The topological polar surface area (TPSA) is 49.3 Å². The first kappa shape index (κ1) is 20.5. The van der Waals surface area contributed by atoms with Crippen molar-refractivity contribution in [1.29, 1.82) is 0 Å². The van der Waals surface area contributed by atoms with Crippen LogP contribution in [0.4, 0.5) is 13.2 Å². The molecule has 0 atom stereocenters. The lowest BCUT2D eigenvalue weighted by Crippen LogP contribution is -2.48. The van der Waals surface area contributed by atoms with Crippen LogP contribution < -0.4 is 0 Å². The van der Waals surface area contributed by atoms with Crippen LogP contribution in [0.1, 0.15) is 21.6 Å². The average molecular weight is 432 g/mol. The molecular formula is C21H19F3N4OS. The third-order valence-electron chi connectivity index (χ3n) is 4.98. The Morgan fingerprint density at radius 1 is 1.07 bits per heavy atom. The quantitative estimate of drug-likeness (QED) is 0.621. The smallest absolute Gasteiger partial charge is 0.335 e. The Morgan fingerprint density at radius 3 is 2.50 bits per heavy atom. The molecular weight excluding hydrogens is 413 g/mol. The van der Waals surface area contributed by atoms with Crippen LogP contribution in [0.25, 0.3) is 10.6 Å². The summed E-state index contributed by atoms with van der Waals surface area (Å²) in [5.74, 6) is -0.187. The summed E-state index contributed by atoms with van der Waals surface area (Å²) in [7, 11) is 0. The second-order valence-electron chi connectivity index (χ2n) is 7.04. The van der Waals surface area contributed by atoms with Gasteiger partial charge in [0, 0.05) is 56.1 Å². The number of piperazine rings is 1. The van der Waals surface area contributed by atoms with E-state index in [1.807, 2.05) is 12.1 Å². The molecule has 0 radical (unpaired) electrons. The van der Waals surface area contributed by atoms with Crippen LogP contribution >= 0.6 is 11.3 Å². The van der Waals surface area contributed by atoms with Gasteiger partial charge in [-0.3, -0.25) is 14.7 Å². The molecule has 1 saturated heterocycles. The lowest BCUT2D eigenvalue weighted by molar-refractivity contribution is -0.137. The maximum absolute atomic E-state index is 12.9. The number of pyridine rings is 1. The summed E-state index contributed by atoms with van der Waals surface area (Å²) in [6, 6.07) is 8.95. The van der Waals surface area contributed by atoms with Gasteiger partial charge in [0.25, 0.3) is 5.91 Å². The SMILES string of the molecule is O=C(c1csc(-c2cccc(C(F)(F)F)c2)n1)N1CCN(Cc2ccncc2)CC1. The normalized spacial score (nSPS) is 15.4. The fourth-order valence-corrected chi connectivity index (χ4v) is 4.14. The number of aromatic nitrogens is 2. The van der Waals surface area contributed by atoms with Gasteiger partial charge in [0.15, 0.2) is 0 Å². The Hall–Kier alpha value is -2.78. The number of benzene rings is 1.